The van der Waals surface area contributed by atoms with Crippen molar-refractivity contribution in [1.82, 2.24) is 0 Å². The number of amidine groups is 1. The molecule has 1 unspecified atom stereocenters. The Morgan fingerprint density at radius 2 is 1.86 bits per heavy atom. The molecule has 0 aromatic heterocycles. The lowest BCUT2D eigenvalue weighted by Crippen LogP contribution is -2.17. The van der Waals surface area contributed by atoms with Gasteiger partial charge in [0.15, 0.2) is 0 Å². The van der Waals surface area contributed by atoms with Crippen molar-refractivity contribution in [1.29, 1.82) is 5.41 Å². The van der Waals surface area contributed by atoms with Gasteiger partial charge in [-0.15, -0.1) is 0 Å². The molecule has 1 aromatic carbocycles. The minimum atomic E-state index is -0.671. The van der Waals surface area contributed by atoms with E-state index < -0.39 is 6.10 Å². The highest BCUT2D eigenvalue weighted by Crippen LogP contribution is 2.34. The summed E-state index contributed by atoms with van der Waals surface area (Å²) in [5.74, 6) is 0.0244. The predicted octanol–water partition coefficient (Wildman–Crippen LogP) is 4.59. The fraction of sp³-hybridized carbons (Fsp3) is 0.632. The number of nitrogens with one attached hydrogen (secondary N) is 1. The average Bonchev–Trinajstić information content (AvgIpc) is 2.45. The van der Waals surface area contributed by atoms with Crippen molar-refractivity contribution in [2.45, 2.75) is 71.8 Å². The van der Waals surface area contributed by atoms with E-state index in [1.807, 2.05) is 12.1 Å². The number of hydrogen-bond donors (Lipinski definition) is 3. The zero-order valence-electron chi connectivity index (χ0n) is 14.4. The van der Waals surface area contributed by atoms with Gasteiger partial charge in [-0.2, -0.15) is 0 Å². The molecule has 3 heteroatoms. The zero-order valence-corrected chi connectivity index (χ0v) is 14.4. The maximum absolute atomic E-state index is 10.1. The lowest BCUT2D eigenvalue weighted by atomic mass is 9.76. The Labute approximate surface area is 135 Å². The van der Waals surface area contributed by atoms with Crippen LogP contribution in [0.1, 0.15) is 76.5 Å². The predicted molar refractivity (Wildman–Crippen MR) is 94.2 cm³/mol. The first-order valence-corrected chi connectivity index (χ1v) is 8.50. The molecule has 1 atom stereocenters. The SMILES string of the molecule is CCCC(C)(CCC)CCc1cccc(C(O)CC(=N)N)c1. The summed E-state index contributed by atoms with van der Waals surface area (Å²) in [5.41, 5.74) is 7.91. The highest BCUT2D eigenvalue weighted by molar-refractivity contribution is 5.77. The van der Waals surface area contributed by atoms with Gasteiger partial charge in [-0.05, 0) is 42.2 Å². The molecule has 1 aromatic rings. The highest BCUT2D eigenvalue weighted by atomic mass is 16.3. The summed E-state index contributed by atoms with van der Waals surface area (Å²) < 4.78 is 0. The van der Waals surface area contributed by atoms with Gasteiger partial charge >= 0.3 is 0 Å². The van der Waals surface area contributed by atoms with E-state index in [2.05, 4.69) is 32.9 Å². The monoisotopic (exact) mass is 304 g/mol. The van der Waals surface area contributed by atoms with Gasteiger partial charge in [-0.3, -0.25) is 5.41 Å². The summed E-state index contributed by atoms with van der Waals surface area (Å²) in [7, 11) is 0. The molecule has 3 nitrogen and oxygen atoms in total. The van der Waals surface area contributed by atoms with Gasteiger partial charge in [-0.25, -0.2) is 0 Å². The molecule has 0 aliphatic rings. The fourth-order valence-corrected chi connectivity index (χ4v) is 3.31. The third kappa shape index (κ3) is 6.18. The summed E-state index contributed by atoms with van der Waals surface area (Å²) in [4.78, 5) is 0. The van der Waals surface area contributed by atoms with Gasteiger partial charge in [0.05, 0.1) is 11.9 Å². The molecule has 0 radical (unpaired) electrons. The molecule has 0 heterocycles. The van der Waals surface area contributed by atoms with Crippen LogP contribution in [0.4, 0.5) is 0 Å². The summed E-state index contributed by atoms with van der Waals surface area (Å²) >= 11 is 0. The van der Waals surface area contributed by atoms with Gasteiger partial charge in [0.25, 0.3) is 0 Å². The van der Waals surface area contributed by atoms with Crippen LogP contribution in [-0.2, 0) is 6.42 Å². The molecule has 4 N–H and O–H groups in total. The van der Waals surface area contributed by atoms with Crippen molar-refractivity contribution in [3.05, 3.63) is 35.4 Å². The lowest BCUT2D eigenvalue weighted by molar-refractivity contribution is 0.185. The lowest BCUT2D eigenvalue weighted by Gasteiger charge is -2.29. The van der Waals surface area contributed by atoms with Crippen LogP contribution >= 0.6 is 0 Å². The van der Waals surface area contributed by atoms with Gasteiger partial charge < -0.3 is 10.8 Å². The van der Waals surface area contributed by atoms with Crippen molar-refractivity contribution in [2.24, 2.45) is 11.1 Å². The van der Waals surface area contributed by atoms with E-state index >= 15 is 0 Å². The van der Waals surface area contributed by atoms with E-state index in [1.165, 1.54) is 37.7 Å². The molecule has 1 rings (SSSR count). The number of aryl methyl sites for hydroxylation is 1. The minimum Gasteiger partial charge on any atom is -0.388 e. The molecule has 0 amide bonds. The zero-order chi connectivity index (χ0) is 16.6. The summed E-state index contributed by atoms with van der Waals surface area (Å²) in [6.45, 7) is 6.91. The molecule has 0 aliphatic heterocycles. The highest BCUT2D eigenvalue weighted by Gasteiger charge is 2.22. The van der Waals surface area contributed by atoms with Crippen LogP contribution in [0, 0.1) is 10.8 Å². The van der Waals surface area contributed by atoms with Crippen LogP contribution in [-0.4, -0.2) is 10.9 Å². The Bertz CT molecular complexity index is 464. The second-order valence-corrected chi connectivity index (χ2v) is 6.80. The van der Waals surface area contributed by atoms with Crippen molar-refractivity contribution in [3.8, 4) is 0 Å². The van der Waals surface area contributed by atoms with E-state index in [9.17, 15) is 5.11 Å². The van der Waals surface area contributed by atoms with Crippen molar-refractivity contribution in [2.75, 3.05) is 0 Å². The first-order chi connectivity index (χ1) is 10.4. The Balaban J connectivity index is 2.71. The Kier molecular flexibility index (Phi) is 7.60. The Morgan fingerprint density at radius 1 is 1.23 bits per heavy atom. The van der Waals surface area contributed by atoms with E-state index in [4.69, 9.17) is 11.1 Å². The van der Waals surface area contributed by atoms with E-state index in [0.29, 0.717) is 5.41 Å². The quantitative estimate of drug-likeness (QED) is 0.437. The van der Waals surface area contributed by atoms with Gasteiger partial charge in [0.1, 0.15) is 0 Å². The van der Waals surface area contributed by atoms with Gasteiger partial charge in [0.2, 0.25) is 0 Å². The molecule has 124 valence electrons. The van der Waals surface area contributed by atoms with Crippen LogP contribution in [0.15, 0.2) is 24.3 Å². The third-order valence-electron chi connectivity index (χ3n) is 4.47. The topological polar surface area (TPSA) is 70.1 Å². The molecular weight excluding hydrogens is 272 g/mol. The van der Waals surface area contributed by atoms with Crippen LogP contribution in [0.3, 0.4) is 0 Å². The molecule has 0 aliphatic carbocycles. The maximum Gasteiger partial charge on any atom is 0.0934 e. The van der Waals surface area contributed by atoms with Gasteiger partial charge in [-0.1, -0.05) is 57.9 Å². The number of rotatable bonds is 10. The largest absolute Gasteiger partial charge is 0.388 e. The number of hydrogen-bond acceptors (Lipinski definition) is 2. The first-order valence-electron chi connectivity index (χ1n) is 8.50. The van der Waals surface area contributed by atoms with Crippen LogP contribution in [0.25, 0.3) is 0 Å². The van der Waals surface area contributed by atoms with Crippen LogP contribution in [0.2, 0.25) is 0 Å². The summed E-state index contributed by atoms with van der Waals surface area (Å²) in [6.07, 6.45) is 6.75. The minimum absolute atomic E-state index is 0.0244. The van der Waals surface area contributed by atoms with Crippen molar-refractivity contribution >= 4 is 5.84 Å². The molecule has 0 fully saturated rings. The van der Waals surface area contributed by atoms with E-state index in [1.54, 1.807) is 0 Å². The fourth-order valence-electron chi connectivity index (χ4n) is 3.31. The Morgan fingerprint density at radius 3 is 2.41 bits per heavy atom. The number of nitrogens with two attached hydrogens (primary N) is 1. The first kappa shape index (κ1) is 18.7. The summed E-state index contributed by atoms with van der Waals surface area (Å²) in [5, 5.41) is 17.4. The summed E-state index contributed by atoms with van der Waals surface area (Å²) in [6, 6.07) is 8.09. The van der Waals surface area contributed by atoms with Crippen LogP contribution in [0.5, 0.6) is 0 Å². The number of benzene rings is 1. The molecule has 0 saturated heterocycles. The third-order valence-corrected chi connectivity index (χ3v) is 4.47. The Hall–Kier alpha value is -1.35. The maximum atomic E-state index is 10.1. The average molecular weight is 304 g/mol. The van der Waals surface area contributed by atoms with E-state index in [-0.39, 0.29) is 12.3 Å². The smallest absolute Gasteiger partial charge is 0.0934 e. The van der Waals surface area contributed by atoms with E-state index in [0.717, 1.165) is 12.0 Å². The second kappa shape index (κ2) is 8.94. The number of aliphatic hydroxyl groups is 1. The van der Waals surface area contributed by atoms with Crippen molar-refractivity contribution < 1.29 is 5.11 Å². The molecule has 22 heavy (non-hydrogen) atoms. The molecule has 0 spiro atoms. The molecule has 0 bridgehead atoms. The molecular formula is C19H32N2O. The molecule has 0 saturated carbocycles. The van der Waals surface area contributed by atoms with Gasteiger partial charge in [0, 0.05) is 6.42 Å². The van der Waals surface area contributed by atoms with Crippen molar-refractivity contribution in [3.63, 3.8) is 0 Å². The normalized spacial score (nSPS) is 13.1. The number of aliphatic hydroxyl groups excluding tert-OH is 1. The van der Waals surface area contributed by atoms with Crippen LogP contribution < -0.4 is 5.73 Å². The standard InChI is InChI=1S/C19H32N2O/c1-4-10-19(3,11-5-2)12-9-15-7-6-8-16(13-15)17(22)14-18(20)21/h6-8,13,17,22H,4-5,9-12,14H2,1-3H3,(H3,20,21). The second-order valence-electron chi connectivity index (χ2n) is 6.80.